The van der Waals surface area contributed by atoms with E-state index in [1.807, 2.05) is 11.3 Å². The number of rotatable bonds is 6. The number of hydrogen-bond acceptors (Lipinski definition) is 4. The summed E-state index contributed by atoms with van der Waals surface area (Å²) in [7, 11) is 22.2. The Morgan fingerprint density at radius 1 is 0.299 bits per heavy atom. The van der Waals surface area contributed by atoms with Gasteiger partial charge in [0.2, 0.25) is 0 Å². The fourth-order valence-electron chi connectivity index (χ4n) is 10.6. The van der Waals surface area contributed by atoms with Crippen LogP contribution in [0.3, 0.4) is 0 Å². The zero-order chi connectivity index (χ0) is 46.4. The highest BCUT2D eigenvalue weighted by Crippen LogP contribution is 2.44. The standard InChI is InChI=1S/C53H43B10N3S/c54-40-38(41(55)45(59)48(62)44(40)58)52-64-51(65-53(66-52)39-42(56)46(60)49(63)47(61)43(39)57)29-19-20-32(34-12-6-13-35-33-10-3-4-14-37(33)67-50(34)35)36(23-29)28-18-16-25-21-27(17-15-26(25)22-28)31-11-5-8-24-7-1-2-9-30(24)31/h1-23H,54-63H2. The van der Waals surface area contributed by atoms with E-state index in [9.17, 15) is 0 Å². The Labute approximate surface area is 405 Å². The number of aromatic nitrogens is 3. The Morgan fingerprint density at radius 2 is 0.761 bits per heavy atom. The Balaban J connectivity index is 1.16. The molecule has 0 unspecified atom stereocenters. The third-order valence-corrected chi connectivity index (χ3v) is 16.5. The maximum absolute atomic E-state index is 5.46. The summed E-state index contributed by atoms with van der Waals surface area (Å²) in [6.07, 6.45) is 0. The van der Waals surface area contributed by atoms with Crippen LogP contribution < -0.4 is 54.6 Å². The highest BCUT2D eigenvalue weighted by Gasteiger charge is 2.23. The fourth-order valence-corrected chi connectivity index (χ4v) is 11.8. The second kappa shape index (κ2) is 16.6. The van der Waals surface area contributed by atoms with Crippen molar-refractivity contribution in [2.24, 2.45) is 0 Å². The van der Waals surface area contributed by atoms with Crippen molar-refractivity contribution in [1.29, 1.82) is 0 Å². The summed E-state index contributed by atoms with van der Waals surface area (Å²) >= 11 is 1.87. The molecular weight excluding hydrogens is 819 g/mol. The maximum Gasteiger partial charge on any atom is 0.164 e. The van der Waals surface area contributed by atoms with E-state index in [0.717, 1.165) is 27.8 Å². The molecule has 0 radical (unpaired) electrons. The van der Waals surface area contributed by atoms with Crippen LogP contribution in [0.2, 0.25) is 0 Å². The molecule has 11 aromatic rings. The number of hydrogen-bond donors (Lipinski definition) is 0. The highest BCUT2D eigenvalue weighted by molar-refractivity contribution is 7.26. The van der Waals surface area contributed by atoms with Crippen LogP contribution >= 0.6 is 11.3 Å². The SMILES string of the molecule is Bc1c(B)c(B)c(-c2nc(-c3ccc(-c4cccc5c4sc4ccccc45)c(-c4ccc5cc(-c6cccc7ccccc67)ccc5c4)c3)nc(-c3c(B)c(B)c(B)c(B)c3B)n2)c(B)c1B. The summed E-state index contributed by atoms with van der Waals surface area (Å²) in [5, 5.41) is 7.47. The normalized spacial score (nSPS) is 11.6. The minimum absolute atomic E-state index is 0.665. The molecule has 0 N–H and O–H groups in total. The third kappa shape index (κ3) is 7.06. The van der Waals surface area contributed by atoms with Crippen molar-refractivity contribution in [2.75, 3.05) is 0 Å². The minimum atomic E-state index is 0.665. The average molecular weight is 862 g/mol. The van der Waals surface area contributed by atoms with Crippen molar-refractivity contribution >= 4 is 186 Å². The van der Waals surface area contributed by atoms with Crippen molar-refractivity contribution in [2.45, 2.75) is 0 Å². The first kappa shape index (κ1) is 43.0. The van der Waals surface area contributed by atoms with Gasteiger partial charge in [0.1, 0.15) is 78.5 Å². The number of fused-ring (bicyclic) bond motifs is 5. The Kier molecular flexibility index (Phi) is 10.7. The van der Waals surface area contributed by atoms with Crippen LogP contribution in [0.15, 0.2) is 140 Å². The molecule has 306 valence electrons. The van der Waals surface area contributed by atoms with Gasteiger partial charge in [0, 0.05) is 42.4 Å². The molecule has 3 nitrogen and oxygen atoms in total. The Bertz CT molecular complexity index is 3760. The van der Waals surface area contributed by atoms with Gasteiger partial charge in [-0.25, -0.2) is 15.0 Å². The molecule has 67 heavy (non-hydrogen) atoms. The molecule has 2 heterocycles. The molecule has 11 rings (SSSR count). The van der Waals surface area contributed by atoms with Crippen LogP contribution in [-0.4, -0.2) is 93.4 Å². The highest BCUT2D eigenvalue weighted by atomic mass is 32.1. The van der Waals surface area contributed by atoms with Gasteiger partial charge in [-0.05, 0) is 73.6 Å². The zero-order valence-electron chi connectivity index (χ0n) is 40.0. The predicted molar refractivity (Wildman–Crippen MR) is 322 cm³/mol. The second-order valence-corrected chi connectivity index (χ2v) is 19.7. The van der Waals surface area contributed by atoms with E-state index >= 15 is 0 Å². The molecule has 0 atom stereocenters. The van der Waals surface area contributed by atoms with E-state index in [-0.39, 0.29) is 0 Å². The lowest BCUT2D eigenvalue weighted by Gasteiger charge is -2.22. The summed E-state index contributed by atoms with van der Waals surface area (Å²) in [6.45, 7) is 0. The molecule has 0 fully saturated rings. The zero-order valence-corrected chi connectivity index (χ0v) is 40.8. The lowest BCUT2D eigenvalue weighted by Crippen LogP contribution is -2.55. The molecular formula is C53H43B10N3S. The monoisotopic (exact) mass is 863 g/mol. The van der Waals surface area contributed by atoms with Gasteiger partial charge >= 0.3 is 0 Å². The molecule has 14 heteroatoms. The molecule has 2 aromatic heterocycles. The van der Waals surface area contributed by atoms with E-state index in [2.05, 4.69) is 218 Å². The molecule has 0 bridgehead atoms. The van der Waals surface area contributed by atoms with Gasteiger partial charge in [0.05, 0.1) is 0 Å². The van der Waals surface area contributed by atoms with E-state index in [1.54, 1.807) is 0 Å². The van der Waals surface area contributed by atoms with Crippen molar-refractivity contribution in [3.8, 4) is 67.5 Å². The van der Waals surface area contributed by atoms with Crippen LogP contribution in [0.25, 0.3) is 109 Å². The molecule has 0 spiro atoms. The number of nitrogens with zero attached hydrogens (tertiary/aromatic N) is 3. The van der Waals surface area contributed by atoms with Crippen molar-refractivity contribution in [3.63, 3.8) is 0 Å². The molecule has 0 saturated heterocycles. The van der Waals surface area contributed by atoms with Crippen LogP contribution in [0.1, 0.15) is 0 Å². The molecule has 0 aliphatic carbocycles. The average Bonchev–Trinajstić information content (AvgIpc) is 3.75. The lowest BCUT2D eigenvalue weighted by atomic mass is 9.60. The van der Waals surface area contributed by atoms with E-state index < -0.39 is 0 Å². The summed E-state index contributed by atoms with van der Waals surface area (Å²) in [4.78, 5) is 16.3. The van der Waals surface area contributed by atoms with Gasteiger partial charge in [-0.2, -0.15) is 0 Å². The van der Waals surface area contributed by atoms with E-state index in [1.165, 1.54) is 119 Å². The molecule has 0 amide bonds. The van der Waals surface area contributed by atoms with Gasteiger partial charge in [-0.15, -0.1) is 44.1 Å². The molecule has 0 saturated carbocycles. The van der Waals surface area contributed by atoms with Gasteiger partial charge in [-0.3, -0.25) is 0 Å². The van der Waals surface area contributed by atoms with Gasteiger partial charge in [0.25, 0.3) is 0 Å². The van der Waals surface area contributed by atoms with Crippen molar-refractivity contribution < 1.29 is 0 Å². The summed E-state index contributed by atoms with van der Waals surface area (Å²) in [6, 6.07) is 51.4. The Hall–Kier alpha value is -6.62. The second-order valence-electron chi connectivity index (χ2n) is 18.7. The molecule has 0 aliphatic heterocycles. The third-order valence-electron chi connectivity index (χ3n) is 15.3. The van der Waals surface area contributed by atoms with Crippen LogP contribution in [-0.2, 0) is 0 Å². The largest absolute Gasteiger partial charge is 0.208 e. The topological polar surface area (TPSA) is 38.7 Å². The first-order chi connectivity index (χ1) is 32.4. The summed E-state index contributed by atoms with van der Waals surface area (Å²) < 4.78 is 2.58. The van der Waals surface area contributed by atoms with Gasteiger partial charge < -0.3 is 0 Å². The minimum Gasteiger partial charge on any atom is -0.208 e. The summed E-state index contributed by atoms with van der Waals surface area (Å²) in [5.41, 5.74) is 22.8. The Morgan fingerprint density at radius 3 is 1.39 bits per heavy atom. The fraction of sp³-hybridized carbons (Fsp3) is 0. The van der Waals surface area contributed by atoms with Crippen molar-refractivity contribution in [3.05, 3.63) is 140 Å². The quantitative estimate of drug-likeness (QED) is 0.169. The van der Waals surface area contributed by atoms with Crippen molar-refractivity contribution in [1.82, 2.24) is 15.0 Å². The summed E-state index contributed by atoms with van der Waals surface area (Å²) in [5.74, 6) is 2.09. The van der Waals surface area contributed by atoms with Crippen LogP contribution in [0, 0.1) is 0 Å². The lowest BCUT2D eigenvalue weighted by molar-refractivity contribution is 1.08. The van der Waals surface area contributed by atoms with Crippen LogP contribution in [0.5, 0.6) is 0 Å². The smallest absolute Gasteiger partial charge is 0.164 e. The molecule has 0 aliphatic rings. The van der Waals surface area contributed by atoms with Gasteiger partial charge in [0.15, 0.2) is 17.5 Å². The van der Waals surface area contributed by atoms with Gasteiger partial charge in [-0.1, -0.05) is 137 Å². The molecule has 9 aromatic carbocycles. The maximum atomic E-state index is 5.46. The number of benzene rings is 9. The first-order valence-corrected chi connectivity index (χ1v) is 24.2. The van der Waals surface area contributed by atoms with Crippen LogP contribution in [0.4, 0.5) is 0 Å². The first-order valence-electron chi connectivity index (χ1n) is 23.4. The number of thiophene rings is 1. The predicted octanol–water partition coefficient (Wildman–Crippen LogP) is -2.87. The van der Waals surface area contributed by atoms with E-state index in [4.69, 9.17) is 15.0 Å². The van der Waals surface area contributed by atoms with E-state index in [0.29, 0.717) is 17.5 Å².